The van der Waals surface area contributed by atoms with Crippen molar-refractivity contribution in [1.29, 1.82) is 0 Å². The highest BCUT2D eigenvalue weighted by Gasteiger charge is 2.37. The number of thioether (sulfide) groups is 1. The van der Waals surface area contributed by atoms with Gasteiger partial charge in [0.05, 0.1) is 0 Å². The first-order valence-corrected chi connectivity index (χ1v) is 6.68. The van der Waals surface area contributed by atoms with Gasteiger partial charge in [-0.15, -0.1) is 12.4 Å². The van der Waals surface area contributed by atoms with E-state index in [1.165, 1.54) is 0 Å². The van der Waals surface area contributed by atoms with E-state index >= 15 is 0 Å². The van der Waals surface area contributed by atoms with Crippen LogP contribution in [0.25, 0.3) is 0 Å². The van der Waals surface area contributed by atoms with Crippen molar-refractivity contribution in [2.75, 3.05) is 38.2 Å². The second-order valence-corrected chi connectivity index (χ2v) is 5.21. The molecule has 3 nitrogen and oxygen atoms in total. The second-order valence-electron chi connectivity index (χ2n) is 4.22. The van der Waals surface area contributed by atoms with Gasteiger partial charge in [-0.2, -0.15) is 11.8 Å². The van der Waals surface area contributed by atoms with Crippen LogP contribution in [0.15, 0.2) is 0 Å². The van der Waals surface area contributed by atoms with E-state index in [1.54, 1.807) is 11.8 Å². The van der Waals surface area contributed by atoms with E-state index in [9.17, 15) is 4.79 Å². The maximum absolute atomic E-state index is 11.7. The molecule has 0 unspecified atom stereocenters. The minimum Gasteiger partial charge on any atom is -0.342 e. The highest BCUT2D eigenvalue weighted by Crippen LogP contribution is 2.26. The molecule has 2 fully saturated rings. The smallest absolute Gasteiger partial charge is 0.223 e. The van der Waals surface area contributed by atoms with Crippen molar-refractivity contribution in [3.63, 3.8) is 0 Å². The SMILES string of the molecule is CSCCC(=O)N1C[C@H]2CNC[C@H]2C1.Cl. The molecule has 0 bridgehead atoms. The fraction of sp³-hybridized carbons (Fsp3) is 0.900. The van der Waals surface area contributed by atoms with Crippen LogP contribution in [0.1, 0.15) is 6.42 Å². The van der Waals surface area contributed by atoms with Gasteiger partial charge in [0, 0.05) is 38.4 Å². The van der Waals surface area contributed by atoms with E-state index in [0.717, 1.165) is 43.8 Å². The second kappa shape index (κ2) is 5.97. The summed E-state index contributed by atoms with van der Waals surface area (Å²) in [5.41, 5.74) is 0. The first-order chi connectivity index (χ1) is 6.81. The zero-order valence-corrected chi connectivity index (χ0v) is 10.7. The lowest BCUT2D eigenvalue weighted by Gasteiger charge is -2.16. The van der Waals surface area contributed by atoms with Crippen LogP contribution < -0.4 is 5.32 Å². The molecule has 0 spiro atoms. The molecule has 2 saturated heterocycles. The van der Waals surface area contributed by atoms with E-state index in [0.29, 0.717) is 12.3 Å². The van der Waals surface area contributed by atoms with Crippen LogP contribution >= 0.6 is 24.2 Å². The van der Waals surface area contributed by atoms with Crippen LogP contribution in [0, 0.1) is 11.8 Å². The fourth-order valence-corrected chi connectivity index (χ4v) is 2.79. The van der Waals surface area contributed by atoms with Gasteiger partial charge >= 0.3 is 0 Å². The van der Waals surface area contributed by atoms with Gasteiger partial charge in [0.2, 0.25) is 5.91 Å². The van der Waals surface area contributed by atoms with Crippen molar-refractivity contribution in [1.82, 2.24) is 10.2 Å². The molecule has 5 heteroatoms. The molecule has 2 rings (SSSR count). The Morgan fingerprint density at radius 3 is 2.53 bits per heavy atom. The zero-order valence-electron chi connectivity index (χ0n) is 9.07. The molecule has 0 aromatic heterocycles. The third kappa shape index (κ3) is 3.02. The number of likely N-dealkylation sites (tertiary alicyclic amines) is 1. The van der Waals surface area contributed by atoms with Crippen LogP contribution in [-0.2, 0) is 4.79 Å². The number of nitrogens with one attached hydrogen (secondary N) is 1. The number of nitrogens with zero attached hydrogens (tertiary/aromatic N) is 1. The lowest BCUT2D eigenvalue weighted by atomic mass is 10.0. The molecule has 0 saturated carbocycles. The predicted molar refractivity (Wildman–Crippen MR) is 66.7 cm³/mol. The maximum atomic E-state index is 11.7. The summed E-state index contributed by atoms with van der Waals surface area (Å²) in [5, 5.41) is 3.38. The van der Waals surface area contributed by atoms with Crippen LogP contribution in [0.4, 0.5) is 0 Å². The van der Waals surface area contributed by atoms with Gasteiger partial charge in [-0.1, -0.05) is 0 Å². The fourth-order valence-electron chi connectivity index (χ4n) is 2.41. The van der Waals surface area contributed by atoms with Crippen LogP contribution in [0.5, 0.6) is 0 Å². The lowest BCUT2D eigenvalue weighted by Crippen LogP contribution is -2.31. The molecule has 0 aliphatic carbocycles. The lowest BCUT2D eigenvalue weighted by molar-refractivity contribution is -0.129. The molecule has 2 atom stereocenters. The van der Waals surface area contributed by atoms with E-state index in [-0.39, 0.29) is 12.4 Å². The van der Waals surface area contributed by atoms with Crippen LogP contribution in [0.2, 0.25) is 0 Å². The molecule has 0 aromatic carbocycles. The predicted octanol–water partition coefficient (Wildman–Crippen LogP) is 0.839. The Hall–Kier alpha value is 0.0700. The molecule has 2 aliphatic rings. The first-order valence-electron chi connectivity index (χ1n) is 5.28. The van der Waals surface area contributed by atoms with Crippen molar-refractivity contribution < 1.29 is 4.79 Å². The summed E-state index contributed by atoms with van der Waals surface area (Å²) in [6.45, 7) is 4.20. The Morgan fingerprint density at radius 1 is 1.40 bits per heavy atom. The molecular formula is C10H19ClN2OS. The number of fused-ring (bicyclic) bond motifs is 1. The molecule has 88 valence electrons. The zero-order chi connectivity index (χ0) is 9.97. The van der Waals surface area contributed by atoms with Crippen molar-refractivity contribution in [3.05, 3.63) is 0 Å². The summed E-state index contributed by atoms with van der Waals surface area (Å²) in [5.74, 6) is 2.78. The third-order valence-corrected chi connectivity index (χ3v) is 3.87. The van der Waals surface area contributed by atoms with E-state index in [1.807, 2.05) is 0 Å². The van der Waals surface area contributed by atoms with Crippen molar-refractivity contribution >= 4 is 30.1 Å². The standard InChI is InChI=1S/C10H18N2OS.ClH/c1-14-3-2-10(13)12-6-8-4-11-5-9(8)7-12;/h8-9,11H,2-7H2,1H3;1H/t8-,9+;. The summed E-state index contributed by atoms with van der Waals surface area (Å²) in [6.07, 6.45) is 2.77. The number of halogens is 1. The largest absolute Gasteiger partial charge is 0.342 e. The molecule has 0 aromatic rings. The summed E-state index contributed by atoms with van der Waals surface area (Å²) in [6, 6.07) is 0. The van der Waals surface area contributed by atoms with Gasteiger partial charge in [-0.25, -0.2) is 0 Å². The highest BCUT2D eigenvalue weighted by molar-refractivity contribution is 7.98. The van der Waals surface area contributed by atoms with Gasteiger partial charge in [0.15, 0.2) is 0 Å². The number of amides is 1. The monoisotopic (exact) mass is 250 g/mol. The Kier molecular flexibility index (Phi) is 5.23. The summed E-state index contributed by atoms with van der Waals surface area (Å²) >= 11 is 1.75. The Labute approximate surface area is 102 Å². The minimum absolute atomic E-state index is 0. The van der Waals surface area contributed by atoms with E-state index in [4.69, 9.17) is 0 Å². The Balaban J connectivity index is 0.00000112. The minimum atomic E-state index is 0. The molecular weight excluding hydrogens is 232 g/mol. The summed E-state index contributed by atoms with van der Waals surface area (Å²) in [4.78, 5) is 13.8. The van der Waals surface area contributed by atoms with Crippen molar-refractivity contribution in [2.45, 2.75) is 6.42 Å². The third-order valence-electron chi connectivity index (χ3n) is 3.26. The Bertz CT molecular complexity index is 215. The molecule has 2 aliphatic heterocycles. The number of hydrogen-bond donors (Lipinski definition) is 1. The number of hydrogen-bond acceptors (Lipinski definition) is 3. The molecule has 1 amide bonds. The normalized spacial score (nSPS) is 28.7. The van der Waals surface area contributed by atoms with Crippen LogP contribution in [-0.4, -0.2) is 49.0 Å². The average molecular weight is 251 g/mol. The number of carbonyl (C=O) groups is 1. The Morgan fingerprint density at radius 2 is 2.00 bits per heavy atom. The van der Waals surface area contributed by atoms with Crippen molar-refractivity contribution in [2.24, 2.45) is 11.8 Å². The van der Waals surface area contributed by atoms with Crippen LogP contribution in [0.3, 0.4) is 0 Å². The molecule has 1 N–H and O–H groups in total. The van der Waals surface area contributed by atoms with Gasteiger partial charge < -0.3 is 10.2 Å². The van der Waals surface area contributed by atoms with Crippen molar-refractivity contribution in [3.8, 4) is 0 Å². The average Bonchev–Trinajstić information content (AvgIpc) is 2.72. The maximum Gasteiger partial charge on any atom is 0.223 e. The van der Waals surface area contributed by atoms with Gasteiger partial charge in [-0.3, -0.25) is 4.79 Å². The number of carbonyl (C=O) groups excluding carboxylic acids is 1. The van der Waals surface area contributed by atoms with Gasteiger partial charge in [0.25, 0.3) is 0 Å². The molecule has 2 heterocycles. The number of rotatable bonds is 3. The van der Waals surface area contributed by atoms with E-state index < -0.39 is 0 Å². The molecule has 15 heavy (non-hydrogen) atoms. The molecule has 0 radical (unpaired) electrons. The highest BCUT2D eigenvalue weighted by atomic mass is 35.5. The topological polar surface area (TPSA) is 32.3 Å². The van der Waals surface area contributed by atoms with E-state index in [2.05, 4.69) is 16.5 Å². The quantitative estimate of drug-likeness (QED) is 0.806. The first kappa shape index (κ1) is 13.1. The van der Waals surface area contributed by atoms with Gasteiger partial charge in [0.1, 0.15) is 0 Å². The summed E-state index contributed by atoms with van der Waals surface area (Å²) in [7, 11) is 0. The van der Waals surface area contributed by atoms with Gasteiger partial charge in [-0.05, 0) is 18.1 Å². The summed E-state index contributed by atoms with van der Waals surface area (Å²) < 4.78 is 0.